The van der Waals surface area contributed by atoms with Gasteiger partial charge in [-0.25, -0.2) is 9.50 Å². The Kier molecular flexibility index (Phi) is 10.5. The zero-order chi connectivity index (χ0) is 24.9. The van der Waals surface area contributed by atoms with Crippen molar-refractivity contribution >= 4 is 41.9 Å². The van der Waals surface area contributed by atoms with Gasteiger partial charge < -0.3 is 15.2 Å². The molecule has 0 unspecified atom stereocenters. The van der Waals surface area contributed by atoms with Gasteiger partial charge in [0.2, 0.25) is 0 Å². The van der Waals surface area contributed by atoms with Crippen LogP contribution in [0.3, 0.4) is 0 Å². The lowest BCUT2D eigenvalue weighted by molar-refractivity contribution is 0.0910. The number of carbonyl (C=O) groups is 1. The number of carbonyl (C=O) groups excluding carboxylic acids is 1. The van der Waals surface area contributed by atoms with Crippen LogP contribution in [-0.2, 0) is 11.3 Å². The van der Waals surface area contributed by atoms with Gasteiger partial charge in [0.1, 0.15) is 29.9 Å². The molecule has 5 rings (SSSR count). The molecule has 1 aliphatic heterocycles. The average molecular weight is 559 g/mol. The molecule has 38 heavy (non-hydrogen) atoms. The molecule has 0 saturated carbocycles. The Labute approximate surface area is 235 Å². The van der Waals surface area contributed by atoms with Gasteiger partial charge in [0, 0.05) is 31.7 Å². The van der Waals surface area contributed by atoms with Crippen LogP contribution in [0.15, 0.2) is 67.0 Å². The summed E-state index contributed by atoms with van der Waals surface area (Å²) in [6.07, 6.45) is 4.02. The normalized spacial score (nSPS) is 15.1. The van der Waals surface area contributed by atoms with Gasteiger partial charge in [-0.15, -0.1) is 24.8 Å². The second-order valence-corrected chi connectivity index (χ2v) is 9.11. The fourth-order valence-corrected chi connectivity index (χ4v) is 4.92. The maximum atomic E-state index is 13.4. The Morgan fingerprint density at radius 1 is 1.11 bits per heavy atom. The van der Waals surface area contributed by atoms with Crippen molar-refractivity contribution in [3.63, 3.8) is 0 Å². The molecule has 2 N–H and O–H groups in total. The van der Waals surface area contributed by atoms with Crippen molar-refractivity contribution in [3.05, 3.63) is 78.2 Å². The van der Waals surface area contributed by atoms with E-state index in [2.05, 4.69) is 15.0 Å². The average Bonchev–Trinajstić information content (AvgIpc) is 3.52. The molecule has 0 amide bonds. The first-order valence-corrected chi connectivity index (χ1v) is 12.3. The molecule has 0 bridgehead atoms. The fourth-order valence-electron chi connectivity index (χ4n) is 4.92. The van der Waals surface area contributed by atoms with Crippen LogP contribution in [0.2, 0.25) is 0 Å². The van der Waals surface area contributed by atoms with Gasteiger partial charge in [0.25, 0.3) is 0 Å². The maximum Gasteiger partial charge on any atom is 0.182 e. The number of likely N-dealkylation sites (tertiary alicyclic amines) is 1. The van der Waals surface area contributed by atoms with Gasteiger partial charge in [0.15, 0.2) is 11.6 Å². The summed E-state index contributed by atoms with van der Waals surface area (Å²) in [4.78, 5) is 19.9. The summed E-state index contributed by atoms with van der Waals surface area (Å²) in [5.74, 6) is 1.08. The molecule has 1 aliphatic rings. The van der Waals surface area contributed by atoms with Crippen LogP contribution in [0, 0.1) is 0 Å². The Morgan fingerprint density at radius 2 is 1.92 bits per heavy atom. The van der Waals surface area contributed by atoms with Crippen molar-refractivity contribution in [2.75, 3.05) is 32.5 Å². The van der Waals surface area contributed by atoms with Gasteiger partial charge in [-0.2, -0.15) is 5.10 Å². The van der Waals surface area contributed by atoms with Crippen LogP contribution in [0.25, 0.3) is 16.6 Å². The number of anilines is 1. The number of fused-ring (bicyclic) bond motifs is 1. The van der Waals surface area contributed by atoms with Crippen LogP contribution in [0.5, 0.6) is 5.75 Å². The minimum Gasteiger partial charge on any atom is -0.489 e. The van der Waals surface area contributed by atoms with E-state index in [1.165, 1.54) is 6.33 Å². The summed E-state index contributed by atoms with van der Waals surface area (Å²) >= 11 is 0. The summed E-state index contributed by atoms with van der Waals surface area (Å²) in [5, 5.41) is 4.37. The summed E-state index contributed by atoms with van der Waals surface area (Å²) in [5.41, 5.74) is 10.2. The standard InChI is InChI=1S/C28H31N5O3.2ClH/c1-35-18-22-10-6-13-32(22)14-12-26(34)25-16-24(27-28(29)30-19-31-33(25)27)21-9-5-11-23(15-21)36-17-20-7-3-2-4-8-20;;/h2-5,7-9,11,15-16,19,22H,6,10,12-14,17-18H2,1H3,(H2,29,30,31);2*1H/t22-;;/m1../s1. The molecule has 1 saturated heterocycles. The van der Waals surface area contributed by atoms with Crippen LogP contribution < -0.4 is 10.5 Å². The Hall–Kier alpha value is -3.17. The number of aromatic nitrogens is 3. The highest BCUT2D eigenvalue weighted by Gasteiger charge is 2.26. The second-order valence-electron chi connectivity index (χ2n) is 9.11. The number of rotatable bonds is 10. The van der Waals surface area contributed by atoms with Crippen molar-refractivity contribution < 1.29 is 14.3 Å². The molecular weight excluding hydrogens is 525 g/mol. The highest BCUT2D eigenvalue weighted by atomic mass is 35.5. The number of hydrogen-bond acceptors (Lipinski definition) is 7. The molecule has 1 fully saturated rings. The number of nitrogens with zero attached hydrogens (tertiary/aromatic N) is 4. The van der Waals surface area contributed by atoms with E-state index in [0.717, 1.165) is 41.8 Å². The van der Waals surface area contributed by atoms with Crippen molar-refractivity contribution in [1.29, 1.82) is 0 Å². The molecule has 1 atom stereocenters. The van der Waals surface area contributed by atoms with Crippen LogP contribution in [-0.4, -0.2) is 58.1 Å². The first-order valence-electron chi connectivity index (χ1n) is 12.3. The zero-order valence-corrected chi connectivity index (χ0v) is 22.9. The number of nitrogens with two attached hydrogens (primary N) is 1. The molecule has 0 aliphatic carbocycles. The van der Waals surface area contributed by atoms with Crippen molar-refractivity contribution in [2.24, 2.45) is 0 Å². The van der Waals surface area contributed by atoms with E-state index in [9.17, 15) is 4.79 Å². The second kappa shape index (κ2) is 13.6. The number of methoxy groups -OCH3 is 1. The summed E-state index contributed by atoms with van der Waals surface area (Å²) < 4.78 is 13.0. The predicted molar refractivity (Wildman–Crippen MR) is 154 cm³/mol. The van der Waals surface area contributed by atoms with Crippen molar-refractivity contribution in [1.82, 2.24) is 19.5 Å². The fraction of sp³-hybridized carbons (Fsp3) is 0.321. The van der Waals surface area contributed by atoms with Gasteiger partial charge >= 0.3 is 0 Å². The van der Waals surface area contributed by atoms with E-state index in [1.54, 1.807) is 11.6 Å². The van der Waals surface area contributed by atoms with Crippen LogP contribution in [0.1, 0.15) is 35.3 Å². The lowest BCUT2D eigenvalue weighted by Crippen LogP contribution is -2.34. The number of ketones is 1. The lowest BCUT2D eigenvalue weighted by atomic mass is 10.1. The number of ether oxygens (including phenoxy) is 2. The zero-order valence-electron chi connectivity index (χ0n) is 21.3. The number of halogens is 2. The minimum atomic E-state index is 0. The summed E-state index contributed by atoms with van der Waals surface area (Å²) in [7, 11) is 1.72. The van der Waals surface area contributed by atoms with Gasteiger partial charge in [0.05, 0.1) is 6.61 Å². The van der Waals surface area contributed by atoms with Crippen molar-refractivity contribution in [2.45, 2.75) is 31.9 Å². The van der Waals surface area contributed by atoms with E-state index in [-0.39, 0.29) is 30.6 Å². The number of Topliss-reactive ketones (excluding diaryl/α,β-unsaturated/α-hetero) is 1. The lowest BCUT2D eigenvalue weighted by Gasteiger charge is -2.23. The van der Waals surface area contributed by atoms with Crippen molar-refractivity contribution in [3.8, 4) is 16.9 Å². The molecule has 202 valence electrons. The maximum absolute atomic E-state index is 13.4. The van der Waals surface area contributed by atoms with E-state index in [0.29, 0.717) is 49.2 Å². The monoisotopic (exact) mass is 557 g/mol. The molecule has 2 aromatic heterocycles. The highest BCUT2D eigenvalue weighted by Crippen LogP contribution is 2.33. The Balaban J connectivity index is 0.00000200. The van der Waals surface area contributed by atoms with E-state index >= 15 is 0 Å². The first-order chi connectivity index (χ1) is 17.6. The topological polar surface area (TPSA) is 95.0 Å². The smallest absolute Gasteiger partial charge is 0.182 e. The molecule has 8 nitrogen and oxygen atoms in total. The SMILES string of the molecule is COC[C@H]1CCCN1CCC(=O)c1cc(-c2cccc(OCc3ccccc3)c2)c2c(N)ncnn12.Cl.Cl. The molecule has 4 aromatic rings. The summed E-state index contributed by atoms with van der Waals surface area (Å²) in [6.45, 7) is 2.85. The van der Waals surface area contributed by atoms with E-state index in [1.807, 2.05) is 60.7 Å². The van der Waals surface area contributed by atoms with Gasteiger partial charge in [-0.1, -0.05) is 42.5 Å². The molecular formula is C28H33Cl2N5O3. The predicted octanol–water partition coefficient (Wildman–Crippen LogP) is 5.08. The minimum absolute atomic E-state index is 0. The van der Waals surface area contributed by atoms with Gasteiger partial charge in [-0.05, 0) is 48.7 Å². The number of nitrogen functional groups attached to an aromatic ring is 1. The quantitative estimate of drug-likeness (QED) is 0.271. The third-order valence-electron chi connectivity index (χ3n) is 6.75. The molecule has 3 heterocycles. The highest BCUT2D eigenvalue weighted by molar-refractivity contribution is 6.01. The molecule has 10 heteroatoms. The van der Waals surface area contributed by atoms with E-state index in [4.69, 9.17) is 15.2 Å². The molecule has 0 radical (unpaired) electrons. The van der Waals surface area contributed by atoms with Gasteiger partial charge in [-0.3, -0.25) is 9.69 Å². The first kappa shape index (κ1) is 29.4. The van der Waals surface area contributed by atoms with Crippen LogP contribution in [0.4, 0.5) is 5.82 Å². The Morgan fingerprint density at radius 3 is 2.71 bits per heavy atom. The third-order valence-corrected chi connectivity index (χ3v) is 6.75. The number of hydrogen-bond donors (Lipinski definition) is 1. The Bertz CT molecular complexity index is 1350. The molecule has 0 spiro atoms. The molecule has 2 aromatic carbocycles. The third kappa shape index (κ3) is 6.45. The number of benzene rings is 2. The largest absolute Gasteiger partial charge is 0.489 e. The van der Waals surface area contributed by atoms with E-state index < -0.39 is 0 Å². The summed E-state index contributed by atoms with van der Waals surface area (Å²) in [6, 6.07) is 20.1. The van der Waals surface area contributed by atoms with Crippen LogP contribution >= 0.6 is 24.8 Å².